The zero-order chi connectivity index (χ0) is 14.8. The van der Waals surface area contributed by atoms with Gasteiger partial charge < -0.3 is 15.0 Å². The molecule has 3 N–H and O–H groups in total. The number of nitrogens with two attached hydrogens (primary N) is 1. The van der Waals surface area contributed by atoms with Crippen LogP contribution in [0.25, 0.3) is 11.0 Å². The third-order valence-corrected chi connectivity index (χ3v) is 3.64. The van der Waals surface area contributed by atoms with Crippen molar-refractivity contribution in [2.75, 3.05) is 25.6 Å². The van der Waals surface area contributed by atoms with Crippen molar-refractivity contribution >= 4 is 27.0 Å². The number of imidazole rings is 1. The Kier molecular flexibility index (Phi) is 4.15. The highest BCUT2D eigenvalue weighted by Gasteiger charge is 2.09. The molecule has 8 heteroatoms. The van der Waals surface area contributed by atoms with E-state index >= 15 is 0 Å². The molecule has 0 saturated heterocycles. The summed E-state index contributed by atoms with van der Waals surface area (Å²) >= 11 is 0. The first-order valence-electron chi connectivity index (χ1n) is 6.15. The highest BCUT2D eigenvalue weighted by molar-refractivity contribution is 7.88. The molecule has 0 fully saturated rings. The maximum atomic E-state index is 11.0. The SMILES string of the molecule is COc1ccc2c(c1)nc(N)n2CCCNS(C)(=O)=O. The fourth-order valence-electron chi connectivity index (χ4n) is 1.98. The van der Waals surface area contributed by atoms with Gasteiger partial charge in [-0.1, -0.05) is 0 Å². The number of benzene rings is 1. The van der Waals surface area contributed by atoms with Crippen LogP contribution in [0.4, 0.5) is 5.95 Å². The number of aryl methyl sites for hydroxylation is 1. The number of methoxy groups -OCH3 is 1. The van der Waals surface area contributed by atoms with Crippen molar-refractivity contribution in [2.24, 2.45) is 0 Å². The molecule has 110 valence electrons. The maximum Gasteiger partial charge on any atom is 0.208 e. The van der Waals surface area contributed by atoms with Crippen molar-refractivity contribution < 1.29 is 13.2 Å². The van der Waals surface area contributed by atoms with Gasteiger partial charge in [-0.15, -0.1) is 0 Å². The molecule has 20 heavy (non-hydrogen) atoms. The van der Waals surface area contributed by atoms with Gasteiger partial charge in [0.1, 0.15) is 5.75 Å². The van der Waals surface area contributed by atoms with Gasteiger partial charge in [-0.05, 0) is 18.6 Å². The van der Waals surface area contributed by atoms with Crippen molar-refractivity contribution in [3.05, 3.63) is 18.2 Å². The molecule has 0 bridgehead atoms. The Hall–Kier alpha value is -1.80. The second kappa shape index (κ2) is 5.68. The number of sulfonamides is 1. The molecule has 2 aromatic rings. The van der Waals surface area contributed by atoms with Crippen molar-refractivity contribution in [2.45, 2.75) is 13.0 Å². The van der Waals surface area contributed by atoms with E-state index in [1.54, 1.807) is 7.11 Å². The van der Waals surface area contributed by atoms with Gasteiger partial charge in [0, 0.05) is 19.2 Å². The number of hydrogen-bond acceptors (Lipinski definition) is 5. The summed E-state index contributed by atoms with van der Waals surface area (Å²) in [6, 6.07) is 5.55. The van der Waals surface area contributed by atoms with Crippen LogP contribution < -0.4 is 15.2 Å². The Morgan fingerprint density at radius 2 is 2.20 bits per heavy atom. The molecule has 0 aliphatic heterocycles. The number of hydrogen-bond donors (Lipinski definition) is 2. The van der Waals surface area contributed by atoms with Crippen molar-refractivity contribution in [1.29, 1.82) is 0 Å². The number of ether oxygens (including phenoxy) is 1. The van der Waals surface area contributed by atoms with E-state index in [0.717, 1.165) is 23.0 Å². The van der Waals surface area contributed by atoms with Crippen molar-refractivity contribution in [3.63, 3.8) is 0 Å². The minimum Gasteiger partial charge on any atom is -0.497 e. The van der Waals surface area contributed by atoms with Crippen LogP contribution >= 0.6 is 0 Å². The van der Waals surface area contributed by atoms with Crippen LogP contribution in [0.15, 0.2) is 18.2 Å². The highest BCUT2D eigenvalue weighted by Crippen LogP contribution is 2.22. The molecule has 0 aliphatic carbocycles. The zero-order valence-electron chi connectivity index (χ0n) is 11.5. The van der Waals surface area contributed by atoms with E-state index < -0.39 is 10.0 Å². The third-order valence-electron chi connectivity index (χ3n) is 2.91. The lowest BCUT2D eigenvalue weighted by atomic mass is 10.3. The van der Waals surface area contributed by atoms with Crippen LogP contribution in [0.5, 0.6) is 5.75 Å². The average molecular weight is 298 g/mol. The van der Waals surface area contributed by atoms with Gasteiger partial charge in [-0.25, -0.2) is 18.1 Å². The zero-order valence-corrected chi connectivity index (χ0v) is 12.3. The van der Waals surface area contributed by atoms with Crippen molar-refractivity contribution in [3.8, 4) is 5.75 Å². The molecule has 7 nitrogen and oxygen atoms in total. The molecule has 0 saturated carbocycles. The number of fused-ring (bicyclic) bond motifs is 1. The second-order valence-corrected chi connectivity index (χ2v) is 6.33. The quantitative estimate of drug-likeness (QED) is 0.759. The number of nitrogens with zero attached hydrogens (tertiary/aromatic N) is 2. The second-order valence-electron chi connectivity index (χ2n) is 4.50. The van der Waals surface area contributed by atoms with Gasteiger partial charge in [0.2, 0.25) is 16.0 Å². The highest BCUT2D eigenvalue weighted by atomic mass is 32.2. The van der Waals surface area contributed by atoms with Gasteiger partial charge in [0.15, 0.2) is 0 Å². The molecule has 1 aromatic carbocycles. The largest absolute Gasteiger partial charge is 0.497 e. The summed E-state index contributed by atoms with van der Waals surface area (Å²) in [7, 11) is -1.55. The van der Waals surface area contributed by atoms with E-state index in [1.807, 2.05) is 22.8 Å². The van der Waals surface area contributed by atoms with E-state index in [4.69, 9.17) is 10.5 Å². The normalized spacial score (nSPS) is 11.9. The van der Waals surface area contributed by atoms with Gasteiger partial charge in [0.05, 0.1) is 24.4 Å². The molecule has 1 heterocycles. The first-order chi connectivity index (χ1) is 9.40. The fraction of sp³-hybridized carbons (Fsp3) is 0.417. The van der Waals surface area contributed by atoms with E-state index in [1.165, 1.54) is 0 Å². The van der Waals surface area contributed by atoms with Crippen molar-refractivity contribution in [1.82, 2.24) is 14.3 Å². The molecule has 0 atom stereocenters. The molecule has 1 aromatic heterocycles. The molecule has 2 rings (SSSR count). The third kappa shape index (κ3) is 3.40. The fourth-order valence-corrected chi connectivity index (χ4v) is 2.50. The monoisotopic (exact) mass is 298 g/mol. The minimum atomic E-state index is -3.15. The lowest BCUT2D eigenvalue weighted by Crippen LogP contribution is -2.24. The Morgan fingerprint density at radius 3 is 2.85 bits per heavy atom. The number of nitrogens with one attached hydrogen (secondary N) is 1. The molecule has 0 spiro atoms. The molecular formula is C12H18N4O3S. The van der Waals surface area contributed by atoms with Gasteiger partial charge >= 0.3 is 0 Å². The Balaban J connectivity index is 2.12. The molecule has 0 radical (unpaired) electrons. The molecular weight excluding hydrogens is 280 g/mol. The lowest BCUT2D eigenvalue weighted by Gasteiger charge is -2.07. The minimum absolute atomic E-state index is 0.369. The van der Waals surface area contributed by atoms with Gasteiger partial charge in [-0.2, -0.15) is 0 Å². The number of aromatic nitrogens is 2. The van der Waals surface area contributed by atoms with E-state index in [-0.39, 0.29) is 0 Å². The number of rotatable bonds is 6. The van der Waals surface area contributed by atoms with Gasteiger partial charge in [-0.3, -0.25) is 0 Å². The molecule has 0 amide bonds. The first kappa shape index (κ1) is 14.6. The van der Waals surface area contributed by atoms with Crippen LogP contribution in [0.3, 0.4) is 0 Å². The van der Waals surface area contributed by atoms with Crippen LogP contribution in [-0.4, -0.2) is 37.9 Å². The first-order valence-corrected chi connectivity index (χ1v) is 8.04. The van der Waals surface area contributed by atoms with Gasteiger partial charge in [0.25, 0.3) is 0 Å². The Morgan fingerprint density at radius 1 is 1.45 bits per heavy atom. The summed E-state index contributed by atoms with van der Waals surface area (Å²) in [6.07, 6.45) is 1.77. The summed E-state index contributed by atoms with van der Waals surface area (Å²) in [5.41, 5.74) is 7.55. The predicted octanol–water partition coefficient (Wildman–Crippen LogP) is 0.566. The summed E-state index contributed by atoms with van der Waals surface area (Å²) in [5.74, 6) is 1.13. The van der Waals surface area contributed by atoms with Crippen LogP contribution in [0.1, 0.15) is 6.42 Å². The smallest absolute Gasteiger partial charge is 0.208 e. The summed E-state index contributed by atoms with van der Waals surface area (Å²) in [4.78, 5) is 4.27. The van der Waals surface area contributed by atoms with E-state index in [2.05, 4.69) is 9.71 Å². The Bertz CT molecular complexity index is 709. The van der Waals surface area contributed by atoms with Crippen LogP contribution in [-0.2, 0) is 16.6 Å². The Labute approximate surface area is 117 Å². The van der Waals surface area contributed by atoms with Crippen LogP contribution in [0.2, 0.25) is 0 Å². The lowest BCUT2D eigenvalue weighted by molar-refractivity contribution is 0.415. The summed E-state index contributed by atoms with van der Waals surface area (Å²) in [5, 5.41) is 0. The standard InChI is InChI=1S/C12H18N4O3S/c1-19-9-4-5-11-10(8-9)15-12(13)16(11)7-3-6-14-20(2,17)18/h4-5,8,14H,3,6-7H2,1-2H3,(H2,13,15). The molecule has 0 unspecified atom stereocenters. The number of nitrogen functional groups attached to an aromatic ring is 1. The summed E-state index contributed by atoms with van der Waals surface area (Å²) < 4.78 is 31.4. The topological polar surface area (TPSA) is 99.2 Å². The van der Waals surface area contributed by atoms with E-state index in [9.17, 15) is 8.42 Å². The maximum absolute atomic E-state index is 11.0. The average Bonchev–Trinajstić information content (AvgIpc) is 2.68. The van der Waals surface area contributed by atoms with E-state index in [0.29, 0.717) is 25.5 Å². The number of anilines is 1. The summed E-state index contributed by atoms with van der Waals surface area (Å²) in [6.45, 7) is 0.964. The van der Waals surface area contributed by atoms with Crippen LogP contribution in [0, 0.1) is 0 Å². The molecule has 0 aliphatic rings. The predicted molar refractivity (Wildman–Crippen MR) is 78.2 cm³/mol.